The molecule has 0 aliphatic carbocycles. The average Bonchev–Trinajstić information content (AvgIpc) is 2.45. The Bertz CT molecular complexity index is 405. The van der Waals surface area contributed by atoms with Crippen LogP contribution in [0.4, 0.5) is 0 Å². The molecule has 6 heteroatoms. The van der Waals surface area contributed by atoms with Crippen molar-refractivity contribution in [1.29, 1.82) is 0 Å². The van der Waals surface area contributed by atoms with Crippen molar-refractivity contribution >= 4 is 17.5 Å². The second kappa shape index (κ2) is 7.33. The molecule has 104 valence electrons. The Labute approximate surface area is 117 Å². The molecule has 1 aromatic carbocycles. The number of hydrogen-bond donors (Lipinski definition) is 2. The van der Waals surface area contributed by atoms with Gasteiger partial charge in [0.2, 0.25) is 0 Å². The summed E-state index contributed by atoms with van der Waals surface area (Å²) in [6.07, 6.45) is 0. The predicted octanol–water partition coefficient (Wildman–Crippen LogP) is 0.823. The zero-order valence-corrected chi connectivity index (χ0v) is 11.3. The zero-order chi connectivity index (χ0) is 13.5. The van der Waals surface area contributed by atoms with Gasteiger partial charge in [-0.05, 0) is 24.3 Å². The smallest absolute Gasteiger partial charge is 0.257 e. The Kier molecular flexibility index (Phi) is 5.44. The number of amides is 1. The van der Waals surface area contributed by atoms with Gasteiger partial charge in [-0.15, -0.1) is 0 Å². The van der Waals surface area contributed by atoms with Crippen LogP contribution in [-0.4, -0.2) is 44.9 Å². The van der Waals surface area contributed by atoms with E-state index in [0.717, 1.165) is 13.2 Å². The summed E-state index contributed by atoms with van der Waals surface area (Å²) in [4.78, 5) is 11.6. The van der Waals surface area contributed by atoms with E-state index in [9.17, 15) is 4.79 Å². The fourth-order valence-electron chi connectivity index (χ4n) is 1.72. The first-order valence-electron chi connectivity index (χ1n) is 6.20. The summed E-state index contributed by atoms with van der Waals surface area (Å²) in [5.41, 5.74) is 0. The molecule has 1 aliphatic rings. The molecule has 1 fully saturated rings. The first kappa shape index (κ1) is 14.1. The van der Waals surface area contributed by atoms with Crippen LogP contribution in [0.1, 0.15) is 0 Å². The van der Waals surface area contributed by atoms with Gasteiger partial charge in [-0.25, -0.2) is 0 Å². The highest BCUT2D eigenvalue weighted by Crippen LogP contribution is 2.15. The third-order valence-corrected chi connectivity index (χ3v) is 2.98. The summed E-state index contributed by atoms with van der Waals surface area (Å²) < 4.78 is 10.6. The van der Waals surface area contributed by atoms with Gasteiger partial charge in [0, 0.05) is 24.2 Å². The summed E-state index contributed by atoms with van der Waals surface area (Å²) in [5, 5.41) is 6.70. The van der Waals surface area contributed by atoms with Crippen molar-refractivity contribution < 1.29 is 14.3 Å². The Balaban J connectivity index is 1.65. The summed E-state index contributed by atoms with van der Waals surface area (Å²) in [7, 11) is 0. The molecule has 1 saturated heterocycles. The van der Waals surface area contributed by atoms with Gasteiger partial charge in [0.25, 0.3) is 5.91 Å². The van der Waals surface area contributed by atoms with Gasteiger partial charge in [-0.2, -0.15) is 0 Å². The number of carbonyl (C=O) groups is 1. The van der Waals surface area contributed by atoms with E-state index in [2.05, 4.69) is 10.6 Å². The second-order valence-corrected chi connectivity index (χ2v) is 4.71. The van der Waals surface area contributed by atoms with E-state index in [1.54, 1.807) is 24.3 Å². The highest BCUT2D eigenvalue weighted by Gasteiger charge is 2.13. The molecule has 0 bridgehead atoms. The van der Waals surface area contributed by atoms with Crippen molar-refractivity contribution in [3.63, 3.8) is 0 Å². The number of benzene rings is 1. The quantitative estimate of drug-likeness (QED) is 0.841. The molecule has 2 N–H and O–H groups in total. The van der Waals surface area contributed by atoms with Crippen LogP contribution >= 0.6 is 11.6 Å². The number of halogens is 1. The summed E-state index contributed by atoms with van der Waals surface area (Å²) in [5.74, 6) is 0.473. The molecule has 1 heterocycles. The highest BCUT2D eigenvalue weighted by atomic mass is 35.5. The predicted molar refractivity (Wildman–Crippen MR) is 72.6 cm³/mol. The van der Waals surface area contributed by atoms with E-state index >= 15 is 0 Å². The van der Waals surface area contributed by atoms with E-state index in [4.69, 9.17) is 21.1 Å². The van der Waals surface area contributed by atoms with E-state index in [1.165, 1.54) is 0 Å². The third kappa shape index (κ3) is 5.06. The number of nitrogens with one attached hydrogen (secondary N) is 2. The van der Waals surface area contributed by atoms with Crippen LogP contribution in [0.5, 0.6) is 5.75 Å². The minimum atomic E-state index is -0.151. The van der Waals surface area contributed by atoms with Crippen LogP contribution < -0.4 is 15.4 Å². The van der Waals surface area contributed by atoms with Gasteiger partial charge >= 0.3 is 0 Å². The molecule has 5 nitrogen and oxygen atoms in total. The minimum Gasteiger partial charge on any atom is -0.484 e. The minimum absolute atomic E-state index is 0.00475. The lowest BCUT2D eigenvalue weighted by molar-refractivity contribution is -0.123. The highest BCUT2D eigenvalue weighted by molar-refractivity contribution is 6.30. The second-order valence-electron chi connectivity index (χ2n) is 4.27. The van der Waals surface area contributed by atoms with E-state index in [0.29, 0.717) is 23.9 Å². The zero-order valence-electron chi connectivity index (χ0n) is 10.5. The number of hydrogen-bond acceptors (Lipinski definition) is 4. The van der Waals surface area contributed by atoms with E-state index < -0.39 is 0 Å². The molecule has 1 amide bonds. The Morgan fingerprint density at radius 3 is 2.95 bits per heavy atom. The average molecular weight is 285 g/mol. The van der Waals surface area contributed by atoms with E-state index in [-0.39, 0.29) is 18.6 Å². The number of rotatable bonds is 5. The molecule has 0 radical (unpaired) electrons. The Morgan fingerprint density at radius 2 is 2.26 bits per heavy atom. The SMILES string of the molecule is O=C(COc1ccc(Cl)cc1)NCC1COCCN1. The van der Waals surface area contributed by atoms with Crippen molar-refractivity contribution in [2.75, 3.05) is 32.9 Å². The van der Waals surface area contributed by atoms with Crippen LogP contribution in [0.2, 0.25) is 5.02 Å². The maximum atomic E-state index is 11.6. The lowest BCUT2D eigenvalue weighted by Gasteiger charge is -2.23. The number of carbonyl (C=O) groups excluding carboxylic acids is 1. The monoisotopic (exact) mass is 284 g/mol. The molecular weight excluding hydrogens is 268 g/mol. The molecule has 0 saturated carbocycles. The van der Waals surface area contributed by atoms with Gasteiger partial charge < -0.3 is 20.1 Å². The Morgan fingerprint density at radius 1 is 1.47 bits per heavy atom. The number of ether oxygens (including phenoxy) is 2. The molecular formula is C13H17ClN2O3. The standard InChI is InChI=1S/C13H17ClN2O3/c14-10-1-3-12(4-2-10)19-9-13(17)16-7-11-8-18-6-5-15-11/h1-4,11,15H,5-9H2,(H,16,17). The molecule has 0 aromatic heterocycles. The van der Waals surface area contributed by atoms with Crippen LogP contribution in [-0.2, 0) is 9.53 Å². The van der Waals surface area contributed by atoms with Crippen molar-refractivity contribution in [2.45, 2.75) is 6.04 Å². The number of morpholine rings is 1. The molecule has 2 rings (SSSR count). The molecule has 1 aromatic rings. The van der Waals surface area contributed by atoms with Crippen LogP contribution in [0, 0.1) is 0 Å². The van der Waals surface area contributed by atoms with Gasteiger partial charge in [0.15, 0.2) is 6.61 Å². The molecule has 1 unspecified atom stereocenters. The fourth-order valence-corrected chi connectivity index (χ4v) is 1.84. The van der Waals surface area contributed by atoms with E-state index in [1.807, 2.05) is 0 Å². The molecule has 0 spiro atoms. The molecule has 1 atom stereocenters. The lowest BCUT2D eigenvalue weighted by atomic mass is 10.3. The van der Waals surface area contributed by atoms with Crippen LogP contribution in [0.15, 0.2) is 24.3 Å². The molecule has 1 aliphatic heterocycles. The van der Waals surface area contributed by atoms with Gasteiger partial charge in [-0.3, -0.25) is 4.79 Å². The van der Waals surface area contributed by atoms with Crippen LogP contribution in [0.3, 0.4) is 0 Å². The van der Waals surface area contributed by atoms with Crippen molar-refractivity contribution in [3.8, 4) is 5.75 Å². The third-order valence-electron chi connectivity index (χ3n) is 2.73. The van der Waals surface area contributed by atoms with Crippen molar-refractivity contribution in [1.82, 2.24) is 10.6 Å². The maximum absolute atomic E-state index is 11.6. The van der Waals surface area contributed by atoms with Crippen LogP contribution in [0.25, 0.3) is 0 Å². The summed E-state index contributed by atoms with van der Waals surface area (Å²) in [6.45, 7) is 2.71. The Hall–Kier alpha value is -1.30. The lowest BCUT2D eigenvalue weighted by Crippen LogP contribution is -2.48. The maximum Gasteiger partial charge on any atom is 0.257 e. The summed E-state index contributed by atoms with van der Waals surface area (Å²) >= 11 is 5.76. The fraction of sp³-hybridized carbons (Fsp3) is 0.462. The van der Waals surface area contributed by atoms with Gasteiger partial charge in [0.05, 0.1) is 13.2 Å². The normalized spacial score (nSPS) is 18.9. The van der Waals surface area contributed by atoms with Crippen molar-refractivity contribution in [3.05, 3.63) is 29.3 Å². The first-order chi connectivity index (χ1) is 9.24. The first-order valence-corrected chi connectivity index (χ1v) is 6.58. The summed E-state index contributed by atoms with van der Waals surface area (Å²) in [6, 6.07) is 7.07. The van der Waals surface area contributed by atoms with Gasteiger partial charge in [0.1, 0.15) is 5.75 Å². The topological polar surface area (TPSA) is 59.6 Å². The van der Waals surface area contributed by atoms with Crippen molar-refractivity contribution in [2.24, 2.45) is 0 Å². The largest absolute Gasteiger partial charge is 0.484 e. The molecule has 19 heavy (non-hydrogen) atoms. The van der Waals surface area contributed by atoms with Gasteiger partial charge in [-0.1, -0.05) is 11.6 Å².